The summed E-state index contributed by atoms with van der Waals surface area (Å²) in [6.07, 6.45) is 2.92. The Kier molecular flexibility index (Phi) is 6.91. The van der Waals surface area contributed by atoms with Gasteiger partial charge in [0.1, 0.15) is 17.1 Å². The molecule has 0 saturated heterocycles. The van der Waals surface area contributed by atoms with Crippen LogP contribution in [0.25, 0.3) is 28.4 Å². The lowest BCUT2D eigenvalue weighted by Crippen LogP contribution is -2.32. The van der Waals surface area contributed by atoms with Crippen LogP contribution in [0.3, 0.4) is 0 Å². The second kappa shape index (κ2) is 10.8. The zero-order chi connectivity index (χ0) is 25.6. The average molecular weight is 508 g/mol. The zero-order valence-corrected chi connectivity index (χ0v) is 20.3. The monoisotopic (exact) mass is 507 g/mol. The highest BCUT2D eigenvalue weighted by Crippen LogP contribution is 2.23. The summed E-state index contributed by atoms with van der Waals surface area (Å²) in [6, 6.07) is 29.4. The van der Waals surface area contributed by atoms with Crippen LogP contribution in [-0.2, 0) is 4.79 Å². The predicted octanol–water partition coefficient (Wildman–Crippen LogP) is 6.47. The number of anilines is 2. The molecule has 2 aromatic heterocycles. The fourth-order valence-corrected chi connectivity index (χ4v) is 3.82. The first-order chi connectivity index (χ1) is 18.0. The molecule has 0 aliphatic rings. The number of fused-ring (bicyclic) bond motifs is 1. The van der Waals surface area contributed by atoms with E-state index in [9.17, 15) is 9.59 Å². The fraction of sp³-hybridized carbons (Fsp3) is 0. The van der Waals surface area contributed by atoms with Crippen LogP contribution in [0, 0.1) is 0 Å². The molecule has 8 heteroatoms. The minimum absolute atomic E-state index is 0.137. The van der Waals surface area contributed by atoms with Crippen LogP contribution in [-0.4, -0.2) is 16.9 Å². The highest BCUT2D eigenvalue weighted by atomic mass is 32.1. The van der Waals surface area contributed by atoms with Crippen LogP contribution in [0.2, 0.25) is 0 Å². The number of amides is 2. The summed E-state index contributed by atoms with van der Waals surface area (Å²) < 4.78 is 11.3. The van der Waals surface area contributed by atoms with Gasteiger partial charge in [-0.2, -0.15) is 0 Å². The van der Waals surface area contributed by atoms with E-state index in [0.29, 0.717) is 22.7 Å². The van der Waals surface area contributed by atoms with Crippen molar-refractivity contribution in [2.24, 2.45) is 0 Å². The highest BCUT2D eigenvalue weighted by molar-refractivity contribution is 7.80. The lowest BCUT2D eigenvalue weighted by molar-refractivity contribution is -0.115. The summed E-state index contributed by atoms with van der Waals surface area (Å²) >= 11 is 5.23. The molecule has 0 saturated carbocycles. The van der Waals surface area contributed by atoms with Gasteiger partial charge in [0.15, 0.2) is 10.9 Å². The number of benzene rings is 3. The van der Waals surface area contributed by atoms with Gasteiger partial charge in [-0.05, 0) is 66.8 Å². The predicted molar refractivity (Wildman–Crippen MR) is 148 cm³/mol. The van der Waals surface area contributed by atoms with Crippen LogP contribution in [0.5, 0.6) is 0 Å². The molecule has 3 N–H and O–H groups in total. The number of furan rings is 2. The van der Waals surface area contributed by atoms with Crippen LogP contribution >= 0.6 is 12.2 Å². The molecule has 0 radical (unpaired) electrons. The maximum atomic E-state index is 12.5. The molecule has 0 fully saturated rings. The molecule has 5 aromatic rings. The minimum Gasteiger partial charge on any atom is -0.457 e. The van der Waals surface area contributed by atoms with Gasteiger partial charge in [0.05, 0.1) is 0 Å². The van der Waals surface area contributed by atoms with Crippen molar-refractivity contribution in [1.29, 1.82) is 0 Å². The van der Waals surface area contributed by atoms with Crippen molar-refractivity contribution in [1.82, 2.24) is 5.32 Å². The largest absolute Gasteiger partial charge is 0.457 e. The topological polar surface area (TPSA) is 96.5 Å². The van der Waals surface area contributed by atoms with Crippen molar-refractivity contribution < 1.29 is 18.4 Å². The number of nitrogens with one attached hydrogen (secondary N) is 3. The smallest absolute Gasteiger partial charge is 0.291 e. The summed E-state index contributed by atoms with van der Waals surface area (Å²) in [6.45, 7) is 0. The van der Waals surface area contributed by atoms with E-state index in [1.165, 1.54) is 6.08 Å². The Bertz CT molecular complexity index is 1570. The second-order valence-electron chi connectivity index (χ2n) is 8.02. The Labute approximate surface area is 217 Å². The third-order valence-corrected chi connectivity index (χ3v) is 5.57. The summed E-state index contributed by atoms with van der Waals surface area (Å²) in [4.78, 5) is 24.7. The van der Waals surface area contributed by atoms with E-state index in [-0.39, 0.29) is 16.8 Å². The molecule has 2 heterocycles. The van der Waals surface area contributed by atoms with Gasteiger partial charge in [0.25, 0.3) is 5.91 Å². The standard InChI is InChI=1S/C29H21N3O4S/c33-27(17-15-23-14-16-25(35-23)19-6-2-1-3-7-19)32-29(37)31-22-12-10-21(11-13-22)30-28(34)26-18-20-8-4-5-9-24(20)36-26/h1-18H,(H,30,34)(H2,31,32,33,37)/b17-15+. The van der Waals surface area contributed by atoms with Crippen LogP contribution < -0.4 is 16.0 Å². The van der Waals surface area contributed by atoms with Gasteiger partial charge in [-0.15, -0.1) is 0 Å². The number of thiocarbonyl (C=S) groups is 1. The first-order valence-corrected chi connectivity index (χ1v) is 11.8. The highest BCUT2D eigenvalue weighted by Gasteiger charge is 2.12. The van der Waals surface area contributed by atoms with Gasteiger partial charge >= 0.3 is 0 Å². The van der Waals surface area contributed by atoms with E-state index in [1.54, 1.807) is 42.5 Å². The fourth-order valence-electron chi connectivity index (χ4n) is 3.60. The van der Waals surface area contributed by atoms with Crippen LogP contribution in [0.1, 0.15) is 16.3 Å². The van der Waals surface area contributed by atoms with Gasteiger partial charge in [0.2, 0.25) is 5.91 Å². The summed E-state index contributed by atoms with van der Waals surface area (Å²) in [5.74, 6) is 0.748. The van der Waals surface area contributed by atoms with Crippen molar-refractivity contribution >= 4 is 57.6 Å². The third-order valence-electron chi connectivity index (χ3n) is 5.37. The Morgan fingerprint density at radius 2 is 1.46 bits per heavy atom. The van der Waals surface area contributed by atoms with Crippen LogP contribution in [0.4, 0.5) is 11.4 Å². The maximum Gasteiger partial charge on any atom is 0.291 e. The molecule has 182 valence electrons. The number of rotatable bonds is 6. The Hall–Kier alpha value is -4.95. The number of para-hydroxylation sites is 1. The molecule has 0 spiro atoms. The van der Waals surface area contributed by atoms with E-state index in [0.717, 1.165) is 16.7 Å². The zero-order valence-electron chi connectivity index (χ0n) is 19.4. The Balaban J connectivity index is 1.12. The molecule has 2 amide bonds. The Morgan fingerprint density at radius 1 is 0.757 bits per heavy atom. The quantitative estimate of drug-likeness (QED) is 0.180. The summed E-state index contributed by atoms with van der Waals surface area (Å²) in [5, 5.41) is 9.32. The van der Waals surface area contributed by atoms with Gasteiger partial charge < -0.3 is 19.5 Å². The SMILES string of the molecule is O=C(/C=C/c1ccc(-c2ccccc2)o1)NC(=S)Nc1ccc(NC(=O)c2cc3ccccc3o2)cc1. The van der Waals surface area contributed by atoms with Crippen LogP contribution in [0.15, 0.2) is 112 Å². The van der Waals surface area contributed by atoms with E-state index >= 15 is 0 Å². The Morgan fingerprint density at radius 3 is 2.22 bits per heavy atom. The molecule has 7 nitrogen and oxygen atoms in total. The minimum atomic E-state index is -0.398. The third kappa shape index (κ3) is 6.01. The number of hydrogen-bond donors (Lipinski definition) is 3. The van der Waals surface area contributed by atoms with Crippen molar-refractivity contribution in [3.05, 3.63) is 115 Å². The normalized spacial score (nSPS) is 10.9. The van der Waals surface area contributed by atoms with E-state index in [2.05, 4.69) is 16.0 Å². The number of hydrogen-bond acceptors (Lipinski definition) is 5. The molecule has 0 atom stereocenters. The van der Waals surface area contributed by atoms with E-state index < -0.39 is 5.91 Å². The molecule has 0 aliphatic heterocycles. The van der Waals surface area contributed by atoms with E-state index in [1.807, 2.05) is 60.7 Å². The molecule has 0 bridgehead atoms. The maximum absolute atomic E-state index is 12.5. The number of carbonyl (C=O) groups is 2. The lowest BCUT2D eigenvalue weighted by Gasteiger charge is -2.09. The molecular formula is C29H21N3O4S. The van der Waals surface area contributed by atoms with Gasteiger partial charge in [-0.3, -0.25) is 14.9 Å². The van der Waals surface area contributed by atoms with Crippen molar-refractivity contribution in [2.45, 2.75) is 0 Å². The second-order valence-corrected chi connectivity index (χ2v) is 8.43. The number of carbonyl (C=O) groups excluding carboxylic acids is 2. The van der Waals surface area contributed by atoms with Gasteiger partial charge in [-0.1, -0.05) is 48.5 Å². The van der Waals surface area contributed by atoms with Gasteiger partial charge in [-0.25, -0.2) is 0 Å². The van der Waals surface area contributed by atoms with Crippen molar-refractivity contribution in [3.8, 4) is 11.3 Å². The molecular weight excluding hydrogens is 486 g/mol. The first kappa shape index (κ1) is 23.8. The average Bonchev–Trinajstić information content (AvgIpc) is 3.57. The van der Waals surface area contributed by atoms with Gasteiger partial charge in [0, 0.05) is 28.4 Å². The van der Waals surface area contributed by atoms with E-state index in [4.69, 9.17) is 21.1 Å². The summed E-state index contributed by atoms with van der Waals surface area (Å²) in [7, 11) is 0. The molecule has 0 unspecified atom stereocenters. The van der Waals surface area contributed by atoms with Crippen molar-refractivity contribution in [2.75, 3.05) is 10.6 Å². The lowest BCUT2D eigenvalue weighted by atomic mass is 10.2. The molecule has 3 aromatic carbocycles. The first-order valence-electron chi connectivity index (χ1n) is 11.4. The molecule has 5 rings (SSSR count). The van der Waals surface area contributed by atoms with Crippen molar-refractivity contribution in [3.63, 3.8) is 0 Å². The summed E-state index contributed by atoms with van der Waals surface area (Å²) in [5.41, 5.74) is 2.84. The molecule has 37 heavy (non-hydrogen) atoms. The molecule has 0 aliphatic carbocycles.